The standard InChI is InChI=1S/C20H12Cl2N2O3/c21-15-5-1-4-14(19(15)22)20-24-16-11-12(6-8-17(16)27-20)23-18(25)9-7-13-3-2-10-26-13/h1-11H,(H,23,25). The summed E-state index contributed by atoms with van der Waals surface area (Å²) >= 11 is 12.3. The van der Waals surface area contributed by atoms with Crippen molar-refractivity contribution in [3.63, 3.8) is 0 Å². The fraction of sp³-hybridized carbons (Fsp3) is 0. The first-order valence-corrected chi connectivity index (χ1v) is 8.73. The molecule has 0 unspecified atom stereocenters. The first-order valence-electron chi connectivity index (χ1n) is 7.98. The van der Waals surface area contributed by atoms with Crippen LogP contribution in [0.1, 0.15) is 5.76 Å². The molecule has 1 amide bonds. The number of carbonyl (C=O) groups excluding carboxylic acids is 1. The maximum atomic E-state index is 12.0. The second kappa shape index (κ2) is 7.31. The number of hydrogen-bond donors (Lipinski definition) is 1. The predicted octanol–water partition coefficient (Wildman–Crippen LogP) is 6.05. The van der Waals surface area contributed by atoms with Crippen molar-refractivity contribution in [1.29, 1.82) is 0 Å². The van der Waals surface area contributed by atoms with E-state index in [1.54, 1.807) is 60.9 Å². The van der Waals surface area contributed by atoms with Gasteiger partial charge in [-0.3, -0.25) is 4.79 Å². The topological polar surface area (TPSA) is 68.3 Å². The molecule has 27 heavy (non-hydrogen) atoms. The van der Waals surface area contributed by atoms with Crippen molar-refractivity contribution in [2.24, 2.45) is 0 Å². The number of aromatic nitrogens is 1. The van der Waals surface area contributed by atoms with Crippen LogP contribution in [-0.4, -0.2) is 10.9 Å². The Kier molecular flexibility index (Phi) is 4.71. The Bertz CT molecular complexity index is 1150. The molecule has 0 spiro atoms. The molecule has 0 aliphatic rings. The number of hydrogen-bond acceptors (Lipinski definition) is 4. The number of benzene rings is 2. The summed E-state index contributed by atoms with van der Waals surface area (Å²) in [7, 11) is 0. The molecular weight excluding hydrogens is 387 g/mol. The van der Waals surface area contributed by atoms with Gasteiger partial charge in [0.2, 0.25) is 11.8 Å². The van der Waals surface area contributed by atoms with E-state index in [0.717, 1.165) is 0 Å². The van der Waals surface area contributed by atoms with E-state index < -0.39 is 0 Å². The molecule has 5 nitrogen and oxygen atoms in total. The van der Waals surface area contributed by atoms with Crippen LogP contribution in [0.2, 0.25) is 10.0 Å². The quantitative estimate of drug-likeness (QED) is 0.425. The van der Waals surface area contributed by atoms with E-state index in [4.69, 9.17) is 32.0 Å². The normalized spacial score (nSPS) is 11.3. The van der Waals surface area contributed by atoms with E-state index in [1.807, 2.05) is 0 Å². The number of halogens is 2. The highest BCUT2D eigenvalue weighted by Crippen LogP contribution is 2.34. The van der Waals surface area contributed by atoms with Gasteiger partial charge in [0.15, 0.2) is 5.58 Å². The molecule has 2 aromatic carbocycles. The van der Waals surface area contributed by atoms with Gasteiger partial charge in [0, 0.05) is 11.8 Å². The van der Waals surface area contributed by atoms with Gasteiger partial charge < -0.3 is 14.2 Å². The van der Waals surface area contributed by atoms with Crippen LogP contribution in [0.25, 0.3) is 28.6 Å². The van der Waals surface area contributed by atoms with Gasteiger partial charge in [-0.25, -0.2) is 4.98 Å². The lowest BCUT2D eigenvalue weighted by atomic mass is 10.2. The molecule has 0 radical (unpaired) electrons. The minimum Gasteiger partial charge on any atom is -0.465 e. The van der Waals surface area contributed by atoms with Gasteiger partial charge in [-0.1, -0.05) is 29.3 Å². The van der Waals surface area contributed by atoms with Crippen molar-refractivity contribution >= 4 is 52.0 Å². The molecule has 0 bridgehead atoms. The summed E-state index contributed by atoms with van der Waals surface area (Å²) in [6.45, 7) is 0. The summed E-state index contributed by atoms with van der Waals surface area (Å²) in [5, 5.41) is 3.57. The zero-order valence-electron chi connectivity index (χ0n) is 13.8. The maximum Gasteiger partial charge on any atom is 0.248 e. The van der Waals surface area contributed by atoms with Crippen LogP contribution in [0.4, 0.5) is 5.69 Å². The molecule has 2 heterocycles. The molecule has 0 atom stereocenters. The Morgan fingerprint density at radius 3 is 2.81 bits per heavy atom. The molecule has 7 heteroatoms. The molecule has 4 aromatic rings. The first-order chi connectivity index (χ1) is 13.1. The average molecular weight is 399 g/mol. The third kappa shape index (κ3) is 3.74. The molecule has 0 saturated carbocycles. The smallest absolute Gasteiger partial charge is 0.248 e. The molecule has 0 saturated heterocycles. The number of carbonyl (C=O) groups is 1. The van der Waals surface area contributed by atoms with E-state index in [9.17, 15) is 4.79 Å². The van der Waals surface area contributed by atoms with E-state index in [0.29, 0.717) is 44.0 Å². The number of nitrogens with zero attached hydrogens (tertiary/aromatic N) is 1. The van der Waals surface area contributed by atoms with E-state index >= 15 is 0 Å². The molecule has 0 aliphatic heterocycles. The first kappa shape index (κ1) is 17.4. The summed E-state index contributed by atoms with van der Waals surface area (Å²) in [5.74, 6) is 0.672. The van der Waals surface area contributed by atoms with E-state index in [1.165, 1.54) is 6.08 Å². The van der Waals surface area contributed by atoms with Crippen LogP contribution in [0.5, 0.6) is 0 Å². The van der Waals surface area contributed by atoms with Gasteiger partial charge in [0.1, 0.15) is 11.3 Å². The van der Waals surface area contributed by atoms with Crippen molar-refractivity contribution in [3.8, 4) is 11.5 Å². The van der Waals surface area contributed by atoms with Crippen LogP contribution in [0, 0.1) is 0 Å². The molecular formula is C20H12Cl2N2O3. The summed E-state index contributed by atoms with van der Waals surface area (Å²) in [5.41, 5.74) is 2.36. The summed E-state index contributed by atoms with van der Waals surface area (Å²) in [6, 6.07) is 13.9. The van der Waals surface area contributed by atoms with Crippen molar-refractivity contribution in [2.75, 3.05) is 5.32 Å². The van der Waals surface area contributed by atoms with Crippen molar-refractivity contribution < 1.29 is 13.6 Å². The summed E-state index contributed by atoms with van der Waals surface area (Å²) < 4.78 is 10.9. The average Bonchev–Trinajstić information content (AvgIpc) is 3.31. The van der Waals surface area contributed by atoms with Gasteiger partial charge >= 0.3 is 0 Å². The Labute approximate surface area is 164 Å². The maximum absolute atomic E-state index is 12.0. The number of anilines is 1. The minimum absolute atomic E-state index is 0.285. The van der Waals surface area contributed by atoms with E-state index in [-0.39, 0.29) is 5.91 Å². The largest absolute Gasteiger partial charge is 0.465 e. The van der Waals surface area contributed by atoms with Gasteiger partial charge in [0.05, 0.1) is 21.9 Å². The summed E-state index contributed by atoms with van der Waals surface area (Å²) in [4.78, 5) is 16.5. The zero-order chi connectivity index (χ0) is 18.8. The zero-order valence-corrected chi connectivity index (χ0v) is 15.3. The Balaban J connectivity index is 1.57. The van der Waals surface area contributed by atoms with Gasteiger partial charge in [-0.05, 0) is 48.5 Å². The highest BCUT2D eigenvalue weighted by molar-refractivity contribution is 6.43. The second-order valence-corrected chi connectivity index (χ2v) is 6.43. The molecule has 4 rings (SSSR count). The molecule has 0 fully saturated rings. The lowest BCUT2D eigenvalue weighted by Crippen LogP contribution is -2.07. The number of furan rings is 1. The monoisotopic (exact) mass is 398 g/mol. The molecule has 134 valence electrons. The Hall–Kier alpha value is -3.02. The van der Waals surface area contributed by atoms with E-state index in [2.05, 4.69) is 10.3 Å². The summed E-state index contributed by atoms with van der Waals surface area (Å²) in [6.07, 6.45) is 4.52. The van der Waals surface area contributed by atoms with Crippen molar-refractivity contribution in [1.82, 2.24) is 4.98 Å². The van der Waals surface area contributed by atoms with Crippen LogP contribution in [0.15, 0.2) is 69.7 Å². The van der Waals surface area contributed by atoms with Gasteiger partial charge in [-0.2, -0.15) is 0 Å². The number of nitrogens with one attached hydrogen (secondary N) is 1. The number of rotatable bonds is 4. The highest BCUT2D eigenvalue weighted by Gasteiger charge is 2.14. The lowest BCUT2D eigenvalue weighted by Gasteiger charge is -2.00. The van der Waals surface area contributed by atoms with Crippen molar-refractivity contribution in [3.05, 3.63) is 76.7 Å². The van der Waals surface area contributed by atoms with Crippen LogP contribution < -0.4 is 5.32 Å². The number of fused-ring (bicyclic) bond motifs is 1. The number of oxazole rings is 1. The molecule has 2 aromatic heterocycles. The third-order valence-electron chi connectivity index (χ3n) is 3.78. The SMILES string of the molecule is O=C(C=Cc1ccco1)Nc1ccc2oc(-c3cccc(Cl)c3Cl)nc2c1. The number of amides is 1. The third-order valence-corrected chi connectivity index (χ3v) is 4.60. The van der Waals surface area contributed by atoms with Gasteiger partial charge in [0.25, 0.3) is 0 Å². The van der Waals surface area contributed by atoms with Crippen LogP contribution in [0.3, 0.4) is 0 Å². The highest BCUT2D eigenvalue weighted by atomic mass is 35.5. The molecule has 1 N–H and O–H groups in total. The second-order valence-electron chi connectivity index (χ2n) is 5.64. The fourth-order valence-electron chi connectivity index (χ4n) is 2.52. The predicted molar refractivity (Wildman–Crippen MR) is 106 cm³/mol. The van der Waals surface area contributed by atoms with Gasteiger partial charge in [-0.15, -0.1) is 0 Å². The van der Waals surface area contributed by atoms with Crippen LogP contribution in [-0.2, 0) is 4.79 Å². The van der Waals surface area contributed by atoms with Crippen LogP contribution >= 0.6 is 23.2 Å². The van der Waals surface area contributed by atoms with Crippen molar-refractivity contribution in [2.45, 2.75) is 0 Å². The minimum atomic E-state index is -0.285. The lowest BCUT2D eigenvalue weighted by molar-refractivity contribution is -0.111. The fourth-order valence-corrected chi connectivity index (χ4v) is 2.90. The Morgan fingerprint density at radius 2 is 2.00 bits per heavy atom. The molecule has 0 aliphatic carbocycles. The Morgan fingerprint density at radius 1 is 1.11 bits per heavy atom.